The lowest BCUT2D eigenvalue weighted by Crippen LogP contribution is -2.00. The molecule has 0 aliphatic carbocycles. The Hall–Kier alpha value is -2.06. The van der Waals surface area contributed by atoms with Crippen LogP contribution in [0, 0.1) is 0 Å². The maximum atomic E-state index is 12.1. The van der Waals surface area contributed by atoms with Crippen LogP contribution in [0.25, 0.3) is 0 Å². The van der Waals surface area contributed by atoms with Gasteiger partial charge in [-0.2, -0.15) is 0 Å². The average Bonchev–Trinajstić information content (AvgIpc) is 2.50. The average molecular weight is 305 g/mol. The molecule has 0 N–H and O–H groups in total. The van der Waals surface area contributed by atoms with Gasteiger partial charge < -0.3 is 9.47 Å². The first kappa shape index (κ1) is 15.3. The third-order valence-corrected chi connectivity index (χ3v) is 3.78. The summed E-state index contributed by atoms with van der Waals surface area (Å²) in [5.74, 6) is 2.07. The Morgan fingerprint density at radius 1 is 0.762 bits per heavy atom. The summed E-state index contributed by atoms with van der Waals surface area (Å²) in [5, 5.41) is 0.627. The minimum atomic E-state index is -1.94. The van der Waals surface area contributed by atoms with E-state index in [1.807, 2.05) is 13.8 Å². The Kier molecular flexibility index (Phi) is 5.59. The van der Waals surface area contributed by atoms with Gasteiger partial charge in [0.25, 0.3) is 0 Å². The molecular formula is C16H18O4P+. The fraction of sp³-hybridized carbons (Fsp3) is 0.250. The minimum absolute atomic E-state index is 0.549. The number of hydrogen-bond acceptors (Lipinski definition) is 4. The summed E-state index contributed by atoms with van der Waals surface area (Å²) in [6, 6.07) is 14.1. The highest BCUT2D eigenvalue weighted by Crippen LogP contribution is 2.28. The number of ether oxygens (including phenoxy) is 2. The lowest BCUT2D eigenvalue weighted by Gasteiger charge is -2.02. The summed E-state index contributed by atoms with van der Waals surface area (Å²) in [6.45, 7) is 5.06. The second-order valence-electron chi connectivity index (χ2n) is 4.18. The summed E-state index contributed by atoms with van der Waals surface area (Å²) in [4.78, 5) is 0. The summed E-state index contributed by atoms with van der Waals surface area (Å²) < 4.78 is 28.3. The third kappa shape index (κ3) is 4.47. The number of benzene rings is 2. The molecule has 2 aromatic rings. The predicted molar refractivity (Wildman–Crippen MR) is 83.1 cm³/mol. The van der Waals surface area contributed by atoms with Gasteiger partial charge in [0.2, 0.25) is 5.30 Å². The van der Waals surface area contributed by atoms with Gasteiger partial charge >= 0.3 is 8.03 Å². The molecule has 0 aliphatic heterocycles. The van der Waals surface area contributed by atoms with E-state index in [1.165, 1.54) is 0 Å². The van der Waals surface area contributed by atoms with E-state index in [4.69, 9.17) is 14.0 Å². The zero-order chi connectivity index (χ0) is 15.1. The second-order valence-corrected chi connectivity index (χ2v) is 5.39. The lowest BCUT2D eigenvalue weighted by molar-refractivity contribution is 0.340. The molecule has 1 atom stereocenters. The van der Waals surface area contributed by atoms with Gasteiger partial charge in [-0.3, -0.25) is 4.52 Å². The molecule has 0 aliphatic rings. The lowest BCUT2D eigenvalue weighted by atomic mass is 10.3. The van der Waals surface area contributed by atoms with Gasteiger partial charge in [0.15, 0.2) is 5.75 Å². The minimum Gasteiger partial charge on any atom is -0.494 e. The van der Waals surface area contributed by atoms with Crippen LogP contribution in [0.15, 0.2) is 48.5 Å². The highest BCUT2D eigenvalue weighted by Gasteiger charge is 2.23. The highest BCUT2D eigenvalue weighted by atomic mass is 31.1. The molecular weight excluding hydrogens is 287 g/mol. The van der Waals surface area contributed by atoms with E-state index in [0.717, 1.165) is 11.5 Å². The second kappa shape index (κ2) is 7.65. The summed E-state index contributed by atoms with van der Waals surface area (Å²) >= 11 is 0. The first-order valence-corrected chi connectivity index (χ1v) is 8.01. The normalized spacial score (nSPS) is 10.9. The van der Waals surface area contributed by atoms with Gasteiger partial charge in [0, 0.05) is 0 Å². The van der Waals surface area contributed by atoms with Crippen molar-refractivity contribution in [2.24, 2.45) is 0 Å². The van der Waals surface area contributed by atoms with Crippen LogP contribution in [0.3, 0.4) is 0 Å². The Morgan fingerprint density at radius 2 is 1.19 bits per heavy atom. The highest BCUT2D eigenvalue weighted by molar-refractivity contribution is 7.48. The fourth-order valence-corrected chi connectivity index (χ4v) is 2.55. The van der Waals surface area contributed by atoms with Crippen LogP contribution in [0.4, 0.5) is 0 Å². The van der Waals surface area contributed by atoms with Gasteiger partial charge in [-0.15, -0.1) is 0 Å². The maximum Gasteiger partial charge on any atom is 0.597 e. The van der Waals surface area contributed by atoms with E-state index < -0.39 is 8.03 Å². The molecule has 2 rings (SSSR count). The molecule has 0 spiro atoms. The quantitative estimate of drug-likeness (QED) is 0.727. The van der Waals surface area contributed by atoms with Crippen LogP contribution in [0.2, 0.25) is 0 Å². The van der Waals surface area contributed by atoms with Gasteiger partial charge in [0.1, 0.15) is 11.5 Å². The van der Waals surface area contributed by atoms with Crippen molar-refractivity contribution in [2.75, 3.05) is 13.2 Å². The van der Waals surface area contributed by atoms with Gasteiger partial charge in [0.05, 0.1) is 13.2 Å². The molecule has 21 heavy (non-hydrogen) atoms. The molecule has 1 unspecified atom stereocenters. The molecule has 0 aromatic heterocycles. The van der Waals surface area contributed by atoms with Crippen molar-refractivity contribution in [1.29, 1.82) is 0 Å². The molecule has 0 radical (unpaired) electrons. The van der Waals surface area contributed by atoms with Crippen molar-refractivity contribution in [1.82, 2.24) is 0 Å². The van der Waals surface area contributed by atoms with Crippen molar-refractivity contribution in [3.8, 4) is 17.2 Å². The maximum absolute atomic E-state index is 12.1. The van der Waals surface area contributed by atoms with Crippen LogP contribution in [0.5, 0.6) is 17.2 Å². The van der Waals surface area contributed by atoms with Crippen LogP contribution in [0.1, 0.15) is 13.8 Å². The monoisotopic (exact) mass is 305 g/mol. The SMILES string of the molecule is CCOc1ccc(O[P+](=O)c2ccc(OCC)cc2)cc1. The summed E-state index contributed by atoms with van der Waals surface area (Å²) in [5.41, 5.74) is 0. The summed E-state index contributed by atoms with van der Waals surface area (Å²) in [7, 11) is -1.94. The molecule has 110 valence electrons. The predicted octanol–water partition coefficient (Wildman–Crippen LogP) is 3.93. The number of hydrogen-bond donors (Lipinski definition) is 0. The van der Waals surface area contributed by atoms with E-state index in [0.29, 0.717) is 24.3 Å². The largest absolute Gasteiger partial charge is 0.597 e. The zero-order valence-electron chi connectivity index (χ0n) is 12.1. The molecule has 2 aromatic carbocycles. The van der Waals surface area contributed by atoms with E-state index in [9.17, 15) is 4.57 Å². The van der Waals surface area contributed by atoms with Crippen molar-refractivity contribution < 1.29 is 18.6 Å². The smallest absolute Gasteiger partial charge is 0.494 e. The molecule has 0 heterocycles. The van der Waals surface area contributed by atoms with E-state index >= 15 is 0 Å². The Labute approximate surface area is 125 Å². The summed E-state index contributed by atoms with van der Waals surface area (Å²) in [6.07, 6.45) is 0. The van der Waals surface area contributed by atoms with Gasteiger partial charge in [-0.05, 0) is 66.9 Å². The molecule has 5 heteroatoms. The van der Waals surface area contributed by atoms with Crippen molar-refractivity contribution >= 4 is 13.3 Å². The van der Waals surface area contributed by atoms with E-state index in [2.05, 4.69) is 0 Å². The van der Waals surface area contributed by atoms with Crippen LogP contribution in [-0.2, 0) is 4.57 Å². The van der Waals surface area contributed by atoms with Crippen LogP contribution >= 0.6 is 8.03 Å². The molecule has 0 amide bonds. The van der Waals surface area contributed by atoms with Crippen molar-refractivity contribution in [3.63, 3.8) is 0 Å². The fourth-order valence-electron chi connectivity index (χ4n) is 1.74. The van der Waals surface area contributed by atoms with Crippen molar-refractivity contribution in [2.45, 2.75) is 13.8 Å². The van der Waals surface area contributed by atoms with Gasteiger partial charge in [-0.25, -0.2) is 0 Å². The zero-order valence-corrected chi connectivity index (χ0v) is 13.0. The first-order valence-electron chi connectivity index (χ1n) is 6.84. The Bertz CT molecular complexity index is 578. The van der Waals surface area contributed by atoms with E-state index in [-0.39, 0.29) is 0 Å². The van der Waals surface area contributed by atoms with Crippen molar-refractivity contribution in [3.05, 3.63) is 48.5 Å². The molecule has 0 bridgehead atoms. The number of rotatable bonds is 7. The Balaban J connectivity index is 2.00. The molecule has 0 saturated heterocycles. The third-order valence-electron chi connectivity index (χ3n) is 2.68. The Morgan fingerprint density at radius 3 is 1.67 bits per heavy atom. The van der Waals surface area contributed by atoms with Gasteiger partial charge in [-0.1, -0.05) is 0 Å². The molecule has 0 fully saturated rings. The van der Waals surface area contributed by atoms with Crippen LogP contribution < -0.4 is 19.3 Å². The topological polar surface area (TPSA) is 44.8 Å². The molecule has 4 nitrogen and oxygen atoms in total. The first-order chi connectivity index (χ1) is 10.2. The standard InChI is InChI=1S/C16H18O4P/c1-3-18-13-5-7-15(8-6-13)20-21(17)16-11-9-14(10-12-16)19-4-2/h5-12H,3-4H2,1-2H3/q+1. The van der Waals surface area contributed by atoms with E-state index in [1.54, 1.807) is 48.5 Å². The van der Waals surface area contributed by atoms with Crippen LogP contribution in [-0.4, -0.2) is 13.2 Å². The molecule has 0 saturated carbocycles.